The number of amides is 1. The van der Waals surface area contributed by atoms with Crippen molar-refractivity contribution in [1.82, 2.24) is 0 Å². The third kappa shape index (κ3) is 7.02. The molecule has 0 radical (unpaired) electrons. The number of benzene rings is 1. The summed E-state index contributed by atoms with van der Waals surface area (Å²) in [5.74, 6) is -3.76. The summed E-state index contributed by atoms with van der Waals surface area (Å²) in [6, 6.07) is 7.01. The average Bonchev–Trinajstić information content (AvgIpc) is 2.74. The van der Waals surface area contributed by atoms with Crippen LogP contribution >= 0.6 is 36.6 Å². The summed E-state index contributed by atoms with van der Waals surface area (Å²) >= 11 is 1.27. The van der Waals surface area contributed by atoms with Crippen molar-refractivity contribution in [3.63, 3.8) is 0 Å². The van der Waals surface area contributed by atoms with Crippen LogP contribution in [0.3, 0.4) is 0 Å². The molecule has 0 aromatic heterocycles. The van der Waals surface area contributed by atoms with Crippen LogP contribution in [0.1, 0.15) is 26.2 Å². The van der Waals surface area contributed by atoms with Crippen molar-refractivity contribution in [1.29, 1.82) is 0 Å². The Morgan fingerprint density at radius 1 is 1.27 bits per heavy atom. The molecule has 0 aliphatic carbocycles. The number of aliphatic carboxylic acids is 1. The number of hydrogen-bond acceptors (Lipinski definition) is 7. The monoisotopic (exact) mass is 481 g/mol. The van der Waals surface area contributed by atoms with Gasteiger partial charge in [-0.15, -0.1) is 36.6 Å². The van der Waals surface area contributed by atoms with Crippen molar-refractivity contribution in [2.75, 3.05) is 24.6 Å². The molecule has 1 unspecified atom stereocenters. The smallest absolute Gasteiger partial charge is 0.323 e. The third-order valence-electron chi connectivity index (χ3n) is 4.61. The van der Waals surface area contributed by atoms with E-state index in [2.05, 4.69) is 0 Å². The summed E-state index contributed by atoms with van der Waals surface area (Å²) in [6.07, 6.45) is 1.75. The van der Waals surface area contributed by atoms with Gasteiger partial charge in [0.1, 0.15) is 6.54 Å². The van der Waals surface area contributed by atoms with Gasteiger partial charge in [-0.2, -0.15) is 0 Å². The van der Waals surface area contributed by atoms with Gasteiger partial charge in [0.05, 0.1) is 29.5 Å². The molecule has 1 aliphatic rings. The lowest BCUT2D eigenvalue weighted by Gasteiger charge is -2.30. The number of unbranched alkanes of at least 4 members (excludes halogenated alkanes) is 1. The average molecular weight is 482 g/mol. The molecule has 0 spiro atoms. The van der Waals surface area contributed by atoms with Crippen molar-refractivity contribution in [2.24, 2.45) is 23.3 Å². The molecule has 1 aromatic carbocycles. The summed E-state index contributed by atoms with van der Waals surface area (Å²) in [7, 11) is 0. The fraction of sp³-hybridized carbons (Fsp3) is 0.526. The van der Waals surface area contributed by atoms with Gasteiger partial charge in [-0.3, -0.25) is 19.3 Å². The minimum atomic E-state index is -1.14. The van der Waals surface area contributed by atoms with E-state index in [-0.39, 0.29) is 31.4 Å². The molecule has 0 fully saturated rings. The molecule has 1 amide bonds. The fourth-order valence-corrected chi connectivity index (χ4v) is 4.54. The van der Waals surface area contributed by atoms with Crippen molar-refractivity contribution < 1.29 is 24.2 Å². The number of nitrogens with zero attached hydrogens (tertiary/aromatic N) is 1. The van der Waals surface area contributed by atoms with Gasteiger partial charge in [-0.1, -0.05) is 18.6 Å². The molecule has 3 atom stereocenters. The summed E-state index contributed by atoms with van der Waals surface area (Å²) in [6.45, 7) is 1.86. The van der Waals surface area contributed by atoms with Gasteiger partial charge in [0.15, 0.2) is 0 Å². The van der Waals surface area contributed by atoms with Crippen molar-refractivity contribution in [3.8, 4) is 0 Å². The number of hydrogen-bond donors (Lipinski definition) is 3. The van der Waals surface area contributed by atoms with Crippen LogP contribution in [0.25, 0.3) is 0 Å². The van der Waals surface area contributed by atoms with Crippen molar-refractivity contribution in [2.45, 2.75) is 36.5 Å². The van der Waals surface area contributed by atoms with Crippen LogP contribution in [0.15, 0.2) is 29.2 Å². The number of fused-ring (bicyclic) bond motifs is 1. The summed E-state index contributed by atoms with van der Waals surface area (Å²) in [4.78, 5) is 39.3. The molecule has 1 heterocycles. The molecule has 0 saturated carbocycles. The van der Waals surface area contributed by atoms with Gasteiger partial charge in [0.2, 0.25) is 5.91 Å². The van der Waals surface area contributed by atoms with Crippen LogP contribution in [0.4, 0.5) is 5.69 Å². The van der Waals surface area contributed by atoms with Gasteiger partial charge < -0.3 is 21.3 Å². The number of carbonyl (C=O) groups is 3. The van der Waals surface area contributed by atoms with E-state index in [1.807, 2.05) is 0 Å². The molecule has 0 saturated heterocycles. The normalized spacial score (nSPS) is 18.9. The highest BCUT2D eigenvalue weighted by molar-refractivity contribution is 8.00. The van der Waals surface area contributed by atoms with Gasteiger partial charge in [-0.25, -0.2) is 0 Å². The van der Waals surface area contributed by atoms with E-state index in [9.17, 15) is 19.5 Å². The second-order valence-corrected chi connectivity index (χ2v) is 7.76. The molecule has 5 N–H and O–H groups in total. The zero-order valence-corrected chi connectivity index (χ0v) is 19.1. The SMILES string of the molecule is CCOC(=O)[C@@H](CCCCN)[C@@H]1C(=O)N(CC(=O)O)c2ccccc2SC1N.Cl.Cl. The summed E-state index contributed by atoms with van der Waals surface area (Å²) in [5.41, 5.74) is 12.4. The largest absolute Gasteiger partial charge is 0.480 e. The lowest BCUT2D eigenvalue weighted by molar-refractivity contribution is -0.152. The molecule has 1 aliphatic heterocycles. The van der Waals surface area contributed by atoms with Gasteiger partial charge >= 0.3 is 11.9 Å². The highest BCUT2D eigenvalue weighted by Crippen LogP contribution is 2.41. The number of anilines is 1. The third-order valence-corrected chi connectivity index (χ3v) is 5.77. The van der Waals surface area contributed by atoms with Gasteiger partial charge in [0, 0.05) is 4.90 Å². The first-order valence-electron chi connectivity index (χ1n) is 9.31. The van der Waals surface area contributed by atoms with E-state index in [0.29, 0.717) is 36.4 Å². The van der Waals surface area contributed by atoms with Crippen LogP contribution in [0.2, 0.25) is 0 Å². The number of halogens is 2. The predicted octanol–water partition coefficient (Wildman–Crippen LogP) is 2.26. The first-order valence-corrected chi connectivity index (χ1v) is 10.2. The molecule has 8 nitrogen and oxygen atoms in total. The number of nitrogens with two attached hydrogens (primary N) is 2. The second kappa shape index (κ2) is 13.7. The number of para-hydroxylation sites is 1. The van der Waals surface area contributed by atoms with E-state index in [1.54, 1.807) is 31.2 Å². The van der Waals surface area contributed by atoms with Gasteiger partial charge in [0.25, 0.3) is 0 Å². The number of carboxylic acid groups (broad SMARTS) is 1. The molecule has 0 bridgehead atoms. The number of carboxylic acids is 1. The first-order chi connectivity index (χ1) is 13.4. The fourth-order valence-electron chi connectivity index (χ4n) is 3.34. The van der Waals surface area contributed by atoms with Crippen molar-refractivity contribution >= 4 is 60.1 Å². The minimum Gasteiger partial charge on any atom is -0.480 e. The Morgan fingerprint density at radius 3 is 2.53 bits per heavy atom. The van der Waals surface area contributed by atoms with Crippen LogP contribution < -0.4 is 16.4 Å². The van der Waals surface area contributed by atoms with E-state index in [1.165, 1.54) is 16.7 Å². The lowest BCUT2D eigenvalue weighted by atomic mass is 9.86. The number of rotatable bonds is 9. The Bertz CT molecular complexity index is 725. The highest BCUT2D eigenvalue weighted by atomic mass is 35.5. The Morgan fingerprint density at radius 2 is 1.93 bits per heavy atom. The molecular formula is C19H29Cl2N3O5S. The highest BCUT2D eigenvalue weighted by Gasteiger charge is 2.44. The molecule has 11 heteroatoms. The molecule has 170 valence electrons. The van der Waals surface area contributed by atoms with Crippen LogP contribution in [-0.2, 0) is 19.1 Å². The quantitative estimate of drug-likeness (QED) is 0.360. The maximum atomic E-state index is 13.4. The van der Waals surface area contributed by atoms with Gasteiger partial charge in [-0.05, 0) is 38.4 Å². The molecule has 1 aromatic rings. The standard InChI is InChI=1S/C19H27N3O5S.2ClH/c1-2-27-19(26)12(7-5-6-10-20)16-17(21)28-14-9-4-3-8-13(14)22(18(16)25)11-15(23)24;;/h3-4,8-9,12,16-17H,2,5-7,10-11,20-21H2,1H3,(H,23,24);2*1H/t12-,16-,17?;;/m0../s1. The minimum absolute atomic E-state index is 0. The zero-order chi connectivity index (χ0) is 20.7. The molecular weight excluding hydrogens is 453 g/mol. The Balaban J connectivity index is 0.00000420. The van der Waals surface area contributed by atoms with Crippen molar-refractivity contribution in [3.05, 3.63) is 24.3 Å². The molecule has 30 heavy (non-hydrogen) atoms. The maximum Gasteiger partial charge on any atom is 0.323 e. The summed E-state index contributed by atoms with van der Waals surface area (Å²) < 4.78 is 5.20. The number of esters is 1. The van der Waals surface area contributed by atoms with E-state index in [4.69, 9.17) is 16.2 Å². The number of thioether (sulfide) groups is 1. The number of carbonyl (C=O) groups excluding carboxylic acids is 2. The van der Waals surface area contributed by atoms with Crippen LogP contribution in [0.5, 0.6) is 0 Å². The van der Waals surface area contributed by atoms with E-state index < -0.39 is 41.6 Å². The Labute approximate surface area is 192 Å². The lowest BCUT2D eigenvalue weighted by Crippen LogP contribution is -2.48. The predicted molar refractivity (Wildman–Crippen MR) is 121 cm³/mol. The Kier molecular flexibility index (Phi) is 13.0. The topological polar surface area (TPSA) is 136 Å². The van der Waals surface area contributed by atoms with Crippen LogP contribution in [0, 0.1) is 11.8 Å². The maximum absolute atomic E-state index is 13.4. The molecule has 2 rings (SSSR count). The second-order valence-electron chi connectivity index (χ2n) is 6.54. The Hall–Kier alpha value is -1.52. The van der Waals surface area contributed by atoms with Crippen LogP contribution in [-0.4, -0.2) is 48.0 Å². The van der Waals surface area contributed by atoms with E-state index in [0.717, 1.165) is 0 Å². The first kappa shape index (κ1) is 28.5. The summed E-state index contributed by atoms with van der Waals surface area (Å²) in [5, 5.41) is 8.61. The number of ether oxygens (including phenoxy) is 1. The zero-order valence-electron chi connectivity index (χ0n) is 16.7. The van der Waals surface area contributed by atoms with E-state index >= 15 is 0 Å².